The molecule has 1 aromatic carbocycles. The maximum absolute atomic E-state index is 12.1. The predicted octanol–water partition coefficient (Wildman–Crippen LogP) is 2.25. The second kappa shape index (κ2) is 8.15. The maximum atomic E-state index is 12.1. The number of ether oxygens (including phenoxy) is 1. The molecule has 118 valence electrons. The van der Waals surface area contributed by atoms with Crippen LogP contribution in [-0.2, 0) is 9.53 Å². The Hall–Kier alpha value is -1.39. The van der Waals surface area contributed by atoms with Gasteiger partial charge in [0.15, 0.2) is 0 Å². The molecule has 4 heteroatoms. The van der Waals surface area contributed by atoms with E-state index in [0.29, 0.717) is 13.1 Å². The Bertz CT molecular complexity index is 432. The second-order valence-electron chi connectivity index (χ2n) is 6.18. The van der Waals surface area contributed by atoms with E-state index in [9.17, 15) is 4.79 Å². The molecule has 0 amide bonds. The second-order valence-corrected chi connectivity index (χ2v) is 6.18. The average molecular weight is 292 g/mol. The number of methoxy groups -OCH3 is 1. The van der Waals surface area contributed by atoms with Gasteiger partial charge in [0.2, 0.25) is 0 Å². The van der Waals surface area contributed by atoms with Crippen LogP contribution in [0.4, 0.5) is 0 Å². The number of carbonyl (C=O) groups is 1. The Kier molecular flexibility index (Phi) is 6.85. The molecule has 1 rings (SSSR count). The van der Waals surface area contributed by atoms with Crippen LogP contribution in [0.15, 0.2) is 30.3 Å². The van der Waals surface area contributed by atoms with Crippen molar-refractivity contribution in [3.05, 3.63) is 35.9 Å². The van der Waals surface area contributed by atoms with Gasteiger partial charge in [-0.2, -0.15) is 0 Å². The van der Waals surface area contributed by atoms with Crippen molar-refractivity contribution < 1.29 is 9.53 Å². The van der Waals surface area contributed by atoms with Gasteiger partial charge in [0, 0.05) is 13.1 Å². The fourth-order valence-electron chi connectivity index (χ4n) is 2.38. The number of esters is 1. The van der Waals surface area contributed by atoms with Crippen molar-refractivity contribution in [2.45, 2.75) is 26.7 Å². The van der Waals surface area contributed by atoms with Crippen molar-refractivity contribution in [3.63, 3.8) is 0 Å². The molecule has 1 atom stereocenters. The first kappa shape index (κ1) is 17.7. The molecule has 0 radical (unpaired) electrons. The summed E-state index contributed by atoms with van der Waals surface area (Å²) in [4.78, 5) is 14.4. The van der Waals surface area contributed by atoms with Crippen LogP contribution in [0, 0.1) is 5.41 Å². The molecule has 0 saturated carbocycles. The number of rotatable bonds is 8. The fourth-order valence-corrected chi connectivity index (χ4v) is 2.38. The van der Waals surface area contributed by atoms with Crippen LogP contribution in [0.2, 0.25) is 0 Å². The summed E-state index contributed by atoms with van der Waals surface area (Å²) < 4.78 is 4.98. The molecule has 1 unspecified atom stereocenters. The van der Waals surface area contributed by atoms with E-state index < -0.39 is 0 Å². The zero-order valence-corrected chi connectivity index (χ0v) is 13.6. The number of benzene rings is 1. The molecular formula is C17H28N2O2. The Morgan fingerprint density at radius 3 is 2.43 bits per heavy atom. The highest BCUT2D eigenvalue weighted by atomic mass is 16.5. The Morgan fingerprint density at radius 2 is 1.95 bits per heavy atom. The smallest absolute Gasteiger partial charge is 0.314 e. The van der Waals surface area contributed by atoms with E-state index in [0.717, 1.165) is 18.7 Å². The van der Waals surface area contributed by atoms with Crippen LogP contribution in [0.25, 0.3) is 0 Å². The molecule has 0 saturated heterocycles. The van der Waals surface area contributed by atoms with Gasteiger partial charge >= 0.3 is 5.97 Å². The summed E-state index contributed by atoms with van der Waals surface area (Å²) >= 11 is 0. The fraction of sp³-hybridized carbons (Fsp3) is 0.588. The monoisotopic (exact) mass is 292 g/mol. The van der Waals surface area contributed by atoms with Crippen molar-refractivity contribution in [1.82, 2.24) is 4.90 Å². The highest BCUT2D eigenvalue weighted by Crippen LogP contribution is 2.21. The van der Waals surface area contributed by atoms with Crippen LogP contribution in [0.1, 0.15) is 32.3 Å². The standard InChI is InChI=1S/C17H28N2O2/c1-5-19(13-17(2,3)12-18)11-15(16(20)21-4)14-9-7-6-8-10-14/h6-10,15H,5,11-13,18H2,1-4H3. The highest BCUT2D eigenvalue weighted by molar-refractivity contribution is 5.78. The molecule has 0 aromatic heterocycles. The summed E-state index contributed by atoms with van der Waals surface area (Å²) in [7, 11) is 1.44. The molecule has 2 N–H and O–H groups in total. The molecular weight excluding hydrogens is 264 g/mol. The third-order valence-corrected chi connectivity index (χ3v) is 3.78. The van der Waals surface area contributed by atoms with Gasteiger partial charge in [-0.05, 0) is 24.1 Å². The van der Waals surface area contributed by atoms with Gasteiger partial charge in [0.05, 0.1) is 13.0 Å². The number of hydrogen-bond acceptors (Lipinski definition) is 4. The van der Waals surface area contributed by atoms with Crippen molar-refractivity contribution >= 4 is 5.97 Å². The molecule has 0 aliphatic carbocycles. The molecule has 0 aliphatic heterocycles. The van der Waals surface area contributed by atoms with E-state index in [4.69, 9.17) is 10.5 Å². The van der Waals surface area contributed by atoms with Crippen molar-refractivity contribution in [3.8, 4) is 0 Å². The Labute approximate surface area is 128 Å². The molecule has 1 aromatic rings. The summed E-state index contributed by atoms with van der Waals surface area (Å²) in [6, 6.07) is 9.80. The minimum Gasteiger partial charge on any atom is -0.469 e. The van der Waals surface area contributed by atoms with E-state index in [1.165, 1.54) is 7.11 Å². The number of hydrogen-bond donors (Lipinski definition) is 1. The quantitative estimate of drug-likeness (QED) is 0.747. The van der Waals surface area contributed by atoms with Gasteiger partial charge in [-0.15, -0.1) is 0 Å². The summed E-state index contributed by atoms with van der Waals surface area (Å²) in [5, 5.41) is 0. The average Bonchev–Trinajstić information content (AvgIpc) is 2.51. The lowest BCUT2D eigenvalue weighted by atomic mass is 9.91. The van der Waals surface area contributed by atoms with Crippen LogP contribution < -0.4 is 5.73 Å². The predicted molar refractivity (Wildman–Crippen MR) is 86.1 cm³/mol. The molecule has 0 spiro atoms. The molecule has 0 bridgehead atoms. The van der Waals surface area contributed by atoms with Crippen molar-refractivity contribution in [2.24, 2.45) is 11.1 Å². The number of nitrogens with two attached hydrogens (primary N) is 1. The van der Waals surface area contributed by atoms with Crippen molar-refractivity contribution in [1.29, 1.82) is 0 Å². The zero-order chi connectivity index (χ0) is 15.9. The minimum absolute atomic E-state index is 0.0351. The van der Waals surface area contributed by atoms with Crippen LogP contribution in [0.3, 0.4) is 0 Å². The van der Waals surface area contributed by atoms with Gasteiger partial charge in [-0.3, -0.25) is 4.79 Å². The largest absolute Gasteiger partial charge is 0.469 e. The normalized spacial score (nSPS) is 13.2. The van der Waals surface area contributed by atoms with Gasteiger partial charge in [-0.25, -0.2) is 0 Å². The molecule has 21 heavy (non-hydrogen) atoms. The SMILES string of the molecule is CCN(CC(C(=O)OC)c1ccccc1)CC(C)(C)CN. The Morgan fingerprint density at radius 1 is 1.33 bits per heavy atom. The first-order valence-electron chi connectivity index (χ1n) is 7.48. The third kappa shape index (κ3) is 5.48. The number of nitrogens with zero attached hydrogens (tertiary/aromatic N) is 1. The summed E-state index contributed by atoms with van der Waals surface area (Å²) in [6.07, 6.45) is 0. The van der Waals surface area contributed by atoms with Gasteiger partial charge in [-0.1, -0.05) is 51.1 Å². The molecule has 0 heterocycles. The zero-order valence-electron chi connectivity index (χ0n) is 13.6. The first-order valence-corrected chi connectivity index (χ1v) is 7.48. The number of carbonyl (C=O) groups excluding carboxylic acids is 1. The lowest BCUT2D eigenvalue weighted by Gasteiger charge is -2.33. The summed E-state index contributed by atoms with van der Waals surface area (Å²) in [6.45, 7) is 9.40. The minimum atomic E-state index is -0.260. The summed E-state index contributed by atoms with van der Waals surface area (Å²) in [5.74, 6) is -0.449. The molecule has 0 aliphatic rings. The van der Waals surface area contributed by atoms with E-state index in [2.05, 4.69) is 25.7 Å². The van der Waals surface area contributed by atoms with Crippen LogP contribution in [-0.4, -0.2) is 44.2 Å². The lowest BCUT2D eigenvalue weighted by Crippen LogP contribution is -2.41. The van der Waals surface area contributed by atoms with Gasteiger partial charge in [0.25, 0.3) is 0 Å². The highest BCUT2D eigenvalue weighted by Gasteiger charge is 2.26. The Balaban J connectivity index is 2.87. The summed E-state index contributed by atoms with van der Waals surface area (Å²) in [5.41, 5.74) is 6.85. The van der Waals surface area contributed by atoms with Crippen molar-refractivity contribution in [2.75, 3.05) is 33.3 Å². The van der Waals surface area contributed by atoms with E-state index in [-0.39, 0.29) is 17.3 Å². The molecule has 4 nitrogen and oxygen atoms in total. The lowest BCUT2D eigenvalue weighted by molar-refractivity contribution is -0.143. The topological polar surface area (TPSA) is 55.6 Å². The van der Waals surface area contributed by atoms with Crippen LogP contribution >= 0.6 is 0 Å². The molecule has 0 fully saturated rings. The third-order valence-electron chi connectivity index (χ3n) is 3.78. The van der Waals surface area contributed by atoms with Gasteiger partial charge < -0.3 is 15.4 Å². The number of likely N-dealkylation sites (N-methyl/N-ethyl adjacent to an activating group) is 1. The van der Waals surface area contributed by atoms with Gasteiger partial charge in [0.1, 0.15) is 0 Å². The van der Waals surface area contributed by atoms with E-state index >= 15 is 0 Å². The van der Waals surface area contributed by atoms with Crippen LogP contribution in [0.5, 0.6) is 0 Å². The maximum Gasteiger partial charge on any atom is 0.314 e. The first-order chi connectivity index (χ1) is 9.93. The van der Waals surface area contributed by atoms with E-state index in [1.54, 1.807) is 0 Å². The van der Waals surface area contributed by atoms with E-state index in [1.807, 2.05) is 30.3 Å².